The Morgan fingerprint density at radius 1 is 1.27 bits per heavy atom. The highest BCUT2D eigenvalue weighted by atomic mass is 16.6. The van der Waals surface area contributed by atoms with Crippen molar-refractivity contribution in [3.63, 3.8) is 0 Å². The summed E-state index contributed by atoms with van der Waals surface area (Å²) in [7, 11) is 0. The van der Waals surface area contributed by atoms with Crippen molar-refractivity contribution in [3.05, 3.63) is 29.1 Å². The first-order chi connectivity index (χ1) is 14.0. The molecule has 3 amide bonds. The van der Waals surface area contributed by atoms with Gasteiger partial charge in [-0.2, -0.15) is 0 Å². The number of aromatic nitrogens is 2. The van der Waals surface area contributed by atoms with E-state index in [-0.39, 0.29) is 25.3 Å². The lowest BCUT2D eigenvalue weighted by Crippen LogP contribution is -2.52. The maximum atomic E-state index is 12.9. The standard InChI is InChI=1S/C21H26N4O5/c1-11-6-7-13(19(28)23-14-8-9-15(26)24-20(14)29)17-18(11)25(12(2)22-17)10-16(27)30-21(3,4)5/h6-7,14H,8-10H2,1-5H3,(H,23,28)(H,24,26,29). The van der Waals surface area contributed by atoms with Gasteiger partial charge in [0.05, 0.1) is 11.1 Å². The molecular weight excluding hydrogens is 388 g/mol. The van der Waals surface area contributed by atoms with Crippen LogP contribution in [0.1, 0.15) is 55.4 Å². The highest BCUT2D eigenvalue weighted by Crippen LogP contribution is 2.24. The quantitative estimate of drug-likeness (QED) is 0.578. The number of hydrogen-bond acceptors (Lipinski definition) is 6. The Labute approximate surface area is 174 Å². The average Bonchev–Trinajstić information content (AvgIpc) is 2.93. The third kappa shape index (κ3) is 4.50. The van der Waals surface area contributed by atoms with Gasteiger partial charge in [-0.05, 0) is 52.7 Å². The number of rotatable bonds is 4. The summed E-state index contributed by atoms with van der Waals surface area (Å²) < 4.78 is 7.14. The SMILES string of the molecule is Cc1ccc(C(=O)NC2CCC(=O)NC2=O)c2nc(C)n(CC(=O)OC(C)(C)C)c12. The summed E-state index contributed by atoms with van der Waals surface area (Å²) in [5.41, 5.74) is 1.65. The van der Waals surface area contributed by atoms with Crippen LogP contribution < -0.4 is 10.6 Å². The lowest BCUT2D eigenvalue weighted by atomic mass is 10.0. The third-order valence-electron chi connectivity index (χ3n) is 4.78. The van der Waals surface area contributed by atoms with Crippen molar-refractivity contribution in [1.29, 1.82) is 0 Å². The molecule has 1 aliphatic heterocycles. The van der Waals surface area contributed by atoms with Crippen LogP contribution in [0, 0.1) is 13.8 Å². The first-order valence-electron chi connectivity index (χ1n) is 9.79. The number of nitrogens with zero attached hydrogens (tertiary/aromatic N) is 2. The molecule has 9 nitrogen and oxygen atoms in total. The van der Waals surface area contributed by atoms with Gasteiger partial charge in [0.25, 0.3) is 5.91 Å². The molecule has 1 aromatic carbocycles. The van der Waals surface area contributed by atoms with Crippen molar-refractivity contribution in [2.75, 3.05) is 0 Å². The number of ether oxygens (including phenoxy) is 1. The van der Waals surface area contributed by atoms with Crippen molar-refractivity contribution >= 4 is 34.7 Å². The van der Waals surface area contributed by atoms with E-state index in [9.17, 15) is 19.2 Å². The summed E-state index contributed by atoms with van der Waals surface area (Å²) in [4.78, 5) is 53.0. The molecule has 9 heteroatoms. The number of fused-ring (bicyclic) bond motifs is 1. The summed E-state index contributed by atoms with van der Waals surface area (Å²) in [6, 6.07) is 2.63. The molecule has 160 valence electrons. The number of carbonyl (C=O) groups is 4. The second kappa shape index (κ2) is 7.89. The van der Waals surface area contributed by atoms with Gasteiger partial charge in [-0.3, -0.25) is 24.5 Å². The molecule has 0 radical (unpaired) electrons. The minimum Gasteiger partial charge on any atom is -0.459 e. The number of benzene rings is 1. The van der Waals surface area contributed by atoms with E-state index < -0.39 is 29.4 Å². The molecule has 0 bridgehead atoms. The Kier molecular flexibility index (Phi) is 5.65. The van der Waals surface area contributed by atoms with Crippen molar-refractivity contribution < 1.29 is 23.9 Å². The van der Waals surface area contributed by atoms with Gasteiger partial charge < -0.3 is 14.6 Å². The third-order valence-corrected chi connectivity index (χ3v) is 4.78. The van der Waals surface area contributed by atoms with Gasteiger partial charge in [0.2, 0.25) is 11.8 Å². The minimum atomic E-state index is -0.781. The van der Waals surface area contributed by atoms with E-state index in [4.69, 9.17) is 4.74 Å². The van der Waals surface area contributed by atoms with E-state index in [0.717, 1.165) is 5.56 Å². The molecule has 0 saturated carbocycles. The summed E-state index contributed by atoms with van der Waals surface area (Å²) in [5, 5.41) is 4.90. The molecule has 2 heterocycles. The lowest BCUT2D eigenvalue weighted by Gasteiger charge is -2.22. The van der Waals surface area contributed by atoms with E-state index in [2.05, 4.69) is 15.6 Å². The molecule has 30 heavy (non-hydrogen) atoms. The molecule has 1 atom stereocenters. The molecule has 3 rings (SSSR count). The van der Waals surface area contributed by atoms with E-state index in [1.165, 1.54) is 0 Å². The summed E-state index contributed by atoms with van der Waals surface area (Å²) in [6.45, 7) is 8.99. The van der Waals surface area contributed by atoms with Gasteiger partial charge in [-0.1, -0.05) is 6.07 Å². The van der Waals surface area contributed by atoms with Crippen LogP contribution in [0.15, 0.2) is 12.1 Å². The number of imide groups is 1. The smallest absolute Gasteiger partial charge is 0.326 e. The van der Waals surface area contributed by atoms with Crippen LogP contribution in [-0.4, -0.2) is 44.9 Å². The fourth-order valence-electron chi connectivity index (χ4n) is 3.47. The molecule has 2 N–H and O–H groups in total. The molecule has 2 aromatic rings. The summed E-state index contributed by atoms with van der Waals surface area (Å²) in [5.74, 6) is -1.16. The van der Waals surface area contributed by atoms with Gasteiger partial charge in [-0.15, -0.1) is 0 Å². The average molecular weight is 414 g/mol. The van der Waals surface area contributed by atoms with E-state index in [1.54, 1.807) is 44.4 Å². The number of hydrogen-bond donors (Lipinski definition) is 2. The lowest BCUT2D eigenvalue weighted by molar-refractivity contribution is -0.155. The Morgan fingerprint density at radius 3 is 2.60 bits per heavy atom. The number of imidazole rings is 1. The molecule has 0 aliphatic carbocycles. The van der Waals surface area contributed by atoms with E-state index in [0.29, 0.717) is 22.4 Å². The van der Waals surface area contributed by atoms with E-state index >= 15 is 0 Å². The van der Waals surface area contributed by atoms with Crippen LogP contribution in [0.2, 0.25) is 0 Å². The highest BCUT2D eigenvalue weighted by Gasteiger charge is 2.29. The Morgan fingerprint density at radius 2 is 1.97 bits per heavy atom. The van der Waals surface area contributed by atoms with Crippen molar-refractivity contribution in [2.24, 2.45) is 0 Å². The number of aryl methyl sites for hydroxylation is 2. The van der Waals surface area contributed by atoms with Crippen LogP contribution in [0.5, 0.6) is 0 Å². The van der Waals surface area contributed by atoms with Gasteiger partial charge in [0, 0.05) is 6.42 Å². The van der Waals surface area contributed by atoms with Crippen molar-refractivity contribution in [2.45, 2.75) is 65.6 Å². The number of amides is 3. The largest absolute Gasteiger partial charge is 0.459 e. The van der Waals surface area contributed by atoms with Gasteiger partial charge in [-0.25, -0.2) is 4.98 Å². The number of carbonyl (C=O) groups excluding carboxylic acids is 4. The molecule has 0 spiro atoms. The van der Waals surface area contributed by atoms with Gasteiger partial charge in [0.15, 0.2) is 0 Å². The molecule has 1 saturated heterocycles. The predicted octanol–water partition coefficient (Wildman–Crippen LogP) is 1.53. The number of esters is 1. The zero-order valence-electron chi connectivity index (χ0n) is 17.8. The molecule has 1 unspecified atom stereocenters. The van der Waals surface area contributed by atoms with Gasteiger partial charge in [0.1, 0.15) is 29.5 Å². The Bertz CT molecular complexity index is 1050. The first kappa shape index (κ1) is 21.5. The fourth-order valence-corrected chi connectivity index (χ4v) is 3.47. The monoisotopic (exact) mass is 414 g/mol. The topological polar surface area (TPSA) is 119 Å². The summed E-state index contributed by atoms with van der Waals surface area (Å²) >= 11 is 0. The fraction of sp³-hybridized carbons (Fsp3) is 0.476. The van der Waals surface area contributed by atoms with Gasteiger partial charge >= 0.3 is 5.97 Å². The Balaban J connectivity index is 1.91. The second-order valence-corrected chi connectivity index (χ2v) is 8.44. The molecule has 1 aliphatic rings. The number of piperidine rings is 1. The molecular formula is C21H26N4O5. The van der Waals surface area contributed by atoms with Crippen LogP contribution >= 0.6 is 0 Å². The second-order valence-electron chi connectivity index (χ2n) is 8.44. The van der Waals surface area contributed by atoms with Crippen LogP contribution in [0.4, 0.5) is 0 Å². The van der Waals surface area contributed by atoms with Crippen molar-refractivity contribution in [3.8, 4) is 0 Å². The van der Waals surface area contributed by atoms with Crippen LogP contribution in [-0.2, 0) is 25.7 Å². The molecule has 1 fully saturated rings. The predicted molar refractivity (Wildman–Crippen MR) is 109 cm³/mol. The zero-order chi connectivity index (χ0) is 22.2. The first-order valence-corrected chi connectivity index (χ1v) is 9.79. The van der Waals surface area contributed by atoms with E-state index in [1.807, 2.05) is 6.92 Å². The maximum absolute atomic E-state index is 12.9. The Hall–Kier alpha value is -3.23. The van der Waals surface area contributed by atoms with Crippen LogP contribution in [0.3, 0.4) is 0 Å². The normalized spacial score (nSPS) is 17.0. The zero-order valence-corrected chi connectivity index (χ0v) is 17.8. The molecule has 1 aromatic heterocycles. The van der Waals surface area contributed by atoms with Crippen LogP contribution in [0.25, 0.3) is 11.0 Å². The van der Waals surface area contributed by atoms with Crippen molar-refractivity contribution in [1.82, 2.24) is 20.2 Å². The minimum absolute atomic E-state index is 0.0291. The summed E-state index contributed by atoms with van der Waals surface area (Å²) in [6.07, 6.45) is 0.418. The highest BCUT2D eigenvalue weighted by molar-refractivity contribution is 6.08. The number of nitrogens with one attached hydrogen (secondary N) is 2. The maximum Gasteiger partial charge on any atom is 0.326 e.